The molecule has 2 unspecified atom stereocenters. The maximum absolute atomic E-state index is 2.46. The van der Waals surface area contributed by atoms with Gasteiger partial charge in [0.1, 0.15) is 0 Å². The molecule has 0 spiro atoms. The first-order chi connectivity index (χ1) is 24.1. The van der Waals surface area contributed by atoms with Crippen LogP contribution in [0.25, 0.3) is 54.6 Å². The van der Waals surface area contributed by atoms with E-state index in [2.05, 4.69) is 172 Å². The summed E-state index contributed by atoms with van der Waals surface area (Å²) in [7, 11) is 0. The molecule has 2 atom stereocenters. The summed E-state index contributed by atoms with van der Waals surface area (Å²) in [4.78, 5) is 0. The first kappa shape index (κ1) is 28.5. The van der Waals surface area contributed by atoms with Gasteiger partial charge in [0.25, 0.3) is 0 Å². The predicted octanol–water partition coefficient (Wildman–Crippen LogP) is 13.2. The molecule has 0 bridgehead atoms. The van der Waals surface area contributed by atoms with Crippen LogP contribution in [0.4, 0.5) is 0 Å². The highest BCUT2D eigenvalue weighted by Gasteiger charge is 2.36. The van der Waals surface area contributed by atoms with Gasteiger partial charge in [0, 0.05) is 17.3 Å². The second-order valence-corrected chi connectivity index (χ2v) is 14.7. The van der Waals surface area contributed by atoms with Gasteiger partial charge in [-0.15, -0.1) is 0 Å². The largest absolute Gasteiger partial charge is 0.0622 e. The minimum atomic E-state index is -0.0503. The van der Waals surface area contributed by atoms with Crippen LogP contribution < -0.4 is 0 Å². The molecule has 0 aliphatic heterocycles. The van der Waals surface area contributed by atoms with Gasteiger partial charge >= 0.3 is 0 Å². The second-order valence-electron chi connectivity index (χ2n) is 14.7. The quantitative estimate of drug-likeness (QED) is 0.171. The van der Waals surface area contributed by atoms with E-state index in [-0.39, 0.29) is 5.41 Å². The van der Waals surface area contributed by atoms with Crippen LogP contribution in [0.15, 0.2) is 158 Å². The summed E-state index contributed by atoms with van der Waals surface area (Å²) >= 11 is 0. The molecule has 0 heteroatoms. The lowest BCUT2D eigenvalue weighted by Crippen LogP contribution is -2.24. The summed E-state index contributed by atoms with van der Waals surface area (Å²) in [6.45, 7) is 4.79. The number of fused-ring (bicyclic) bond motifs is 5. The first-order valence-corrected chi connectivity index (χ1v) is 17.8. The number of rotatable bonds is 3. The van der Waals surface area contributed by atoms with E-state index >= 15 is 0 Å². The normalized spacial score (nSPS) is 17.6. The van der Waals surface area contributed by atoms with Gasteiger partial charge in [-0.3, -0.25) is 0 Å². The van der Waals surface area contributed by atoms with Crippen molar-refractivity contribution in [2.75, 3.05) is 0 Å². The molecule has 8 aromatic carbocycles. The fourth-order valence-electron chi connectivity index (χ4n) is 9.75. The lowest BCUT2D eigenvalue weighted by Gasteiger charge is -2.37. The minimum Gasteiger partial charge on any atom is -0.0622 e. The molecule has 0 amide bonds. The van der Waals surface area contributed by atoms with Gasteiger partial charge in [-0.25, -0.2) is 0 Å². The highest BCUT2D eigenvalue weighted by atomic mass is 14.4. The van der Waals surface area contributed by atoms with Gasteiger partial charge in [-0.05, 0) is 101 Å². The van der Waals surface area contributed by atoms with Crippen LogP contribution in [0.3, 0.4) is 0 Å². The third kappa shape index (κ3) is 4.10. The topological polar surface area (TPSA) is 0 Å². The van der Waals surface area contributed by atoms with Crippen molar-refractivity contribution in [3.05, 3.63) is 191 Å². The number of hydrogen-bond acceptors (Lipinski definition) is 0. The molecule has 10 rings (SSSR count). The van der Waals surface area contributed by atoms with Crippen LogP contribution >= 0.6 is 0 Å². The van der Waals surface area contributed by atoms with E-state index in [0.29, 0.717) is 11.8 Å². The van der Waals surface area contributed by atoms with Gasteiger partial charge in [0.15, 0.2) is 0 Å². The molecule has 0 saturated heterocycles. The number of benzene rings is 8. The predicted molar refractivity (Wildman–Crippen MR) is 208 cm³/mol. The maximum atomic E-state index is 2.46. The fraction of sp³-hybridized carbons (Fsp3) is 0.143. The Hall–Kier alpha value is -5.46. The molecule has 8 aromatic rings. The van der Waals surface area contributed by atoms with Crippen LogP contribution in [0, 0.1) is 0 Å². The smallest absolute Gasteiger partial charge is 0.0159 e. The van der Waals surface area contributed by atoms with E-state index in [1.54, 1.807) is 0 Å². The molecular weight excluding hydrogens is 589 g/mol. The summed E-state index contributed by atoms with van der Waals surface area (Å²) in [5.74, 6) is 0.663. The van der Waals surface area contributed by atoms with Crippen LogP contribution in [-0.4, -0.2) is 0 Å². The molecular formula is C49H38. The van der Waals surface area contributed by atoms with Crippen LogP contribution in [0.1, 0.15) is 71.9 Å². The van der Waals surface area contributed by atoms with Crippen molar-refractivity contribution in [1.82, 2.24) is 0 Å². The van der Waals surface area contributed by atoms with E-state index in [9.17, 15) is 0 Å². The van der Waals surface area contributed by atoms with Crippen molar-refractivity contribution in [1.29, 1.82) is 0 Å². The zero-order valence-electron chi connectivity index (χ0n) is 28.1. The second kappa shape index (κ2) is 10.8. The highest BCUT2D eigenvalue weighted by molar-refractivity contribution is 6.15. The van der Waals surface area contributed by atoms with Crippen molar-refractivity contribution in [3.8, 4) is 22.3 Å². The Kier molecular flexibility index (Phi) is 6.28. The summed E-state index contributed by atoms with van der Waals surface area (Å²) in [5, 5.41) is 8.29. The van der Waals surface area contributed by atoms with Crippen LogP contribution in [0.2, 0.25) is 0 Å². The molecule has 49 heavy (non-hydrogen) atoms. The van der Waals surface area contributed by atoms with Gasteiger partial charge in [0.05, 0.1) is 0 Å². The molecule has 0 saturated carbocycles. The summed E-state index contributed by atoms with van der Waals surface area (Å²) < 4.78 is 0. The zero-order valence-corrected chi connectivity index (χ0v) is 28.1. The Bertz CT molecular complexity index is 2530. The molecule has 0 fully saturated rings. The van der Waals surface area contributed by atoms with Crippen molar-refractivity contribution >= 4 is 32.3 Å². The third-order valence-electron chi connectivity index (χ3n) is 11.9. The Labute approximate surface area is 288 Å². The maximum Gasteiger partial charge on any atom is 0.0159 e. The van der Waals surface area contributed by atoms with Gasteiger partial charge in [-0.1, -0.05) is 172 Å². The van der Waals surface area contributed by atoms with E-state index in [1.807, 2.05) is 0 Å². The molecule has 2 aliphatic carbocycles. The van der Waals surface area contributed by atoms with Gasteiger partial charge < -0.3 is 0 Å². The zero-order chi connectivity index (χ0) is 32.7. The summed E-state index contributed by atoms with van der Waals surface area (Å²) in [6.07, 6.45) is 2.22. The number of hydrogen-bond donors (Lipinski definition) is 0. The fourth-order valence-corrected chi connectivity index (χ4v) is 9.75. The minimum absolute atomic E-state index is 0.0503. The van der Waals surface area contributed by atoms with Crippen molar-refractivity contribution in [3.63, 3.8) is 0 Å². The first-order valence-electron chi connectivity index (χ1n) is 17.8. The van der Waals surface area contributed by atoms with E-state index < -0.39 is 0 Å². The van der Waals surface area contributed by atoms with Gasteiger partial charge in [-0.2, -0.15) is 0 Å². The lowest BCUT2D eigenvalue weighted by atomic mass is 9.66. The Balaban J connectivity index is 1.18. The molecule has 2 aliphatic rings. The molecule has 0 N–H and O–H groups in total. The van der Waals surface area contributed by atoms with E-state index in [0.717, 1.165) is 12.8 Å². The molecule has 0 radical (unpaired) electrons. The molecule has 0 aromatic heterocycles. The standard InChI is InChI=1S/C49H38/c1-49(2)44-25-13-12-19-36(44)43-30-28-35(37-24-14-26-45(49)48(37)43)34-27-29-42(33-18-7-6-17-32(33)34)47-40-22-10-8-20-38(40)46(31-15-4-3-5-16-31)39-21-9-11-23-41(39)47/h3-26,28,30,34,42H,27,29H2,1-2H3. The van der Waals surface area contributed by atoms with Crippen molar-refractivity contribution < 1.29 is 0 Å². The van der Waals surface area contributed by atoms with Crippen molar-refractivity contribution in [2.45, 2.75) is 43.9 Å². The monoisotopic (exact) mass is 626 g/mol. The average molecular weight is 627 g/mol. The van der Waals surface area contributed by atoms with Crippen LogP contribution in [-0.2, 0) is 5.41 Å². The molecule has 234 valence electrons. The van der Waals surface area contributed by atoms with Gasteiger partial charge in [0.2, 0.25) is 0 Å². The van der Waals surface area contributed by atoms with E-state index in [4.69, 9.17) is 0 Å². The average Bonchev–Trinajstić information content (AvgIpc) is 3.16. The van der Waals surface area contributed by atoms with E-state index in [1.165, 1.54) is 88.0 Å². The SMILES string of the molecule is CC1(C)c2ccccc2-c2ccc(C3CCC(c4c5ccccc5c(-c5ccccc5)c5ccccc45)c4ccccc43)c3cccc1c23. The molecule has 0 heterocycles. The van der Waals surface area contributed by atoms with Crippen molar-refractivity contribution in [2.24, 2.45) is 0 Å². The Morgan fingerprint density at radius 3 is 1.69 bits per heavy atom. The molecule has 0 nitrogen and oxygen atoms in total. The summed E-state index contributed by atoms with van der Waals surface area (Å²) in [6, 6.07) is 59.5. The lowest BCUT2D eigenvalue weighted by molar-refractivity contribution is 0.571. The summed E-state index contributed by atoms with van der Waals surface area (Å²) in [5.41, 5.74) is 14.1. The Morgan fingerprint density at radius 1 is 0.408 bits per heavy atom. The third-order valence-corrected chi connectivity index (χ3v) is 11.9. The Morgan fingerprint density at radius 2 is 0.959 bits per heavy atom. The highest BCUT2D eigenvalue weighted by Crippen LogP contribution is 2.54. The van der Waals surface area contributed by atoms with Crippen LogP contribution in [0.5, 0.6) is 0 Å².